The van der Waals surface area contributed by atoms with Gasteiger partial charge >= 0.3 is 0 Å². The van der Waals surface area contributed by atoms with Crippen LogP contribution in [0, 0.1) is 17.2 Å². The molecule has 0 aliphatic heterocycles. The third-order valence-electron chi connectivity index (χ3n) is 3.52. The molecule has 9 nitrogen and oxygen atoms in total. The number of carbonyl (C=O) groups is 2. The second-order valence-electron chi connectivity index (χ2n) is 5.65. The number of amides is 2. The summed E-state index contributed by atoms with van der Waals surface area (Å²) < 4.78 is 22.4. The second kappa shape index (κ2) is 9.40. The van der Waals surface area contributed by atoms with Gasteiger partial charge < -0.3 is 5.32 Å². The molecule has 0 radical (unpaired) electrons. The summed E-state index contributed by atoms with van der Waals surface area (Å²) in [7, 11) is -3.83. The number of nitrogens with zero attached hydrogens (tertiary/aromatic N) is 2. The summed E-state index contributed by atoms with van der Waals surface area (Å²) in [5, 5.41) is 20.4. The van der Waals surface area contributed by atoms with Crippen molar-refractivity contribution in [3.63, 3.8) is 0 Å². The molecule has 4 N–H and O–H groups in total. The fourth-order valence-electron chi connectivity index (χ4n) is 2.11. The molecule has 10 heteroatoms. The Balaban J connectivity index is 1.90. The van der Waals surface area contributed by atoms with Crippen LogP contribution >= 0.6 is 0 Å². The zero-order valence-corrected chi connectivity index (χ0v) is 15.4. The molecule has 2 aromatic rings. The molecule has 0 saturated carbocycles. The summed E-state index contributed by atoms with van der Waals surface area (Å²) in [6.45, 7) is 0. The van der Waals surface area contributed by atoms with E-state index in [0.29, 0.717) is 5.69 Å². The van der Waals surface area contributed by atoms with E-state index in [2.05, 4.69) is 15.8 Å². The lowest BCUT2D eigenvalue weighted by molar-refractivity contribution is -0.126. The Morgan fingerprint density at radius 3 is 2.36 bits per heavy atom. The van der Waals surface area contributed by atoms with Crippen LogP contribution in [0.25, 0.3) is 0 Å². The third-order valence-corrected chi connectivity index (χ3v) is 4.45. The van der Waals surface area contributed by atoms with Gasteiger partial charge in [0.2, 0.25) is 15.9 Å². The summed E-state index contributed by atoms with van der Waals surface area (Å²) in [4.78, 5) is 23.9. The SMILES string of the molecule is N#CC(CC(=O)Nc1ccc(S(N)(=O)=O)cc1)C(=O)N/N=C/c1ccccc1. The van der Waals surface area contributed by atoms with E-state index in [-0.39, 0.29) is 11.3 Å². The van der Waals surface area contributed by atoms with E-state index in [1.54, 1.807) is 30.3 Å². The Morgan fingerprint density at radius 1 is 1.14 bits per heavy atom. The lowest BCUT2D eigenvalue weighted by atomic mass is 10.1. The molecule has 0 heterocycles. The quantitative estimate of drug-likeness (QED) is 0.467. The lowest BCUT2D eigenvalue weighted by Crippen LogP contribution is -2.29. The minimum Gasteiger partial charge on any atom is -0.326 e. The van der Waals surface area contributed by atoms with Crippen molar-refractivity contribution in [1.29, 1.82) is 5.26 Å². The summed E-state index contributed by atoms with van der Waals surface area (Å²) in [6, 6.07) is 15.9. The van der Waals surface area contributed by atoms with Crippen molar-refractivity contribution in [2.24, 2.45) is 16.2 Å². The monoisotopic (exact) mass is 399 g/mol. The Bertz CT molecular complexity index is 1010. The standard InChI is InChI=1S/C18H17N5O4S/c19-11-14(18(25)23-21-12-13-4-2-1-3-5-13)10-17(24)22-15-6-8-16(9-7-15)28(20,26)27/h1-9,12,14H,10H2,(H,22,24)(H,23,25)(H2,20,26,27)/b21-12+. The molecule has 2 amide bonds. The van der Waals surface area contributed by atoms with Crippen LogP contribution in [0.4, 0.5) is 5.69 Å². The Kier molecular flexibility index (Phi) is 6.97. The molecular formula is C18H17N5O4S. The van der Waals surface area contributed by atoms with Gasteiger partial charge in [0.1, 0.15) is 5.92 Å². The first-order valence-electron chi connectivity index (χ1n) is 8.00. The van der Waals surface area contributed by atoms with Gasteiger partial charge in [-0.15, -0.1) is 0 Å². The molecule has 0 aromatic heterocycles. The smallest absolute Gasteiger partial charge is 0.257 e. The van der Waals surface area contributed by atoms with Crippen molar-refractivity contribution in [2.45, 2.75) is 11.3 Å². The van der Waals surface area contributed by atoms with Crippen molar-refractivity contribution < 1.29 is 18.0 Å². The van der Waals surface area contributed by atoms with Crippen molar-refractivity contribution in [3.8, 4) is 6.07 Å². The first-order chi connectivity index (χ1) is 13.3. The van der Waals surface area contributed by atoms with Crippen LogP contribution in [0.3, 0.4) is 0 Å². The highest BCUT2D eigenvalue weighted by Gasteiger charge is 2.21. The summed E-state index contributed by atoms with van der Waals surface area (Å²) >= 11 is 0. The van der Waals surface area contributed by atoms with Gasteiger partial charge in [-0.3, -0.25) is 9.59 Å². The number of hydrogen-bond acceptors (Lipinski definition) is 6. The number of benzene rings is 2. The van der Waals surface area contributed by atoms with Gasteiger partial charge in [-0.2, -0.15) is 10.4 Å². The molecule has 0 aliphatic carbocycles. The van der Waals surface area contributed by atoms with Crippen LogP contribution in [0.1, 0.15) is 12.0 Å². The van der Waals surface area contributed by atoms with Gasteiger partial charge in [-0.25, -0.2) is 19.0 Å². The molecule has 0 spiro atoms. The topological polar surface area (TPSA) is 155 Å². The van der Waals surface area contributed by atoms with E-state index >= 15 is 0 Å². The molecule has 0 bridgehead atoms. The largest absolute Gasteiger partial charge is 0.326 e. The molecule has 0 saturated heterocycles. The maximum atomic E-state index is 12.0. The van der Waals surface area contributed by atoms with Crippen LogP contribution in [0.2, 0.25) is 0 Å². The summed E-state index contributed by atoms with van der Waals surface area (Å²) in [5.74, 6) is -2.54. The fraction of sp³-hybridized carbons (Fsp3) is 0.111. The van der Waals surface area contributed by atoms with Crippen LogP contribution in [-0.4, -0.2) is 26.4 Å². The van der Waals surface area contributed by atoms with E-state index < -0.39 is 27.8 Å². The van der Waals surface area contributed by atoms with E-state index in [0.717, 1.165) is 5.56 Å². The molecular weight excluding hydrogens is 382 g/mol. The number of hydrazone groups is 1. The highest BCUT2D eigenvalue weighted by molar-refractivity contribution is 7.89. The number of nitrogens with one attached hydrogen (secondary N) is 2. The van der Waals surface area contributed by atoms with E-state index in [9.17, 15) is 18.0 Å². The zero-order valence-electron chi connectivity index (χ0n) is 14.6. The molecule has 1 unspecified atom stereocenters. The Morgan fingerprint density at radius 2 is 1.79 bits per heavy atom. The number of rotatable bonds is 7. The average Bonchev–Trinajstić information content (AvgIpc) is 2.66. The number of nitriles is 1. The van der Waals surface area contributed by atoms with Gasteiger partial charge in [-0.05, 0) is 29.8 Å². The molecule has 1 atom stereocenters. The molecule has 144 valence electrons. The number of carbonyl (C=O) groups excluding carboxylic acids is 2. The van der Waals surface area contributed by atoms with Gasteiger partial charge in [0.25, 0.3) is 5.91 Å². The minimum atomic E-state index is -3.83. The molecule has 0 aliphatic rings. The van der Waals surface area contributed by atoms with Crippen molar-refractivity contribution >= 4 is 33.7 Å². The molecule has 28 heavy (non-hydrogen) atoms. The van der Waals surface area contributed by atoms with Gasteiger partial charge in [0.15, 0.2) is 0 Å². The number of hydrogen-bond donors (Lipinski definition) is 3. The first kappa shape index (κ1) is 20.8. The normalized spacial score (nSPS) is 12.1. The summed E-state index contributed by atoms with van der Waals surface area (Å²) in [5.41, 5.74) is 3.29. The number of nitrogens with two attached hydrogens (primary N) is 1. The number of sulfonamides is 1. The molecule has 0 fully saturated rings. The Hall–Kier alpha value is -3.55. The molecule has 2 aromatic carbocycles. The number of anilines is 1. The predicted molar refractivity (Wildman–Crippen MR) is 102 cm³/mol. The van der Waals surface area contributed by atoms with Gasteiger partial charge in [0.05, 0.1) is 23.6 Å². The van der Waals surface area contributed by atoms with Crippen LogP contribution in [0.5, 0.6) is 0 Å². The number of primary sulfonamides is 1. The third kappa shape index (κ3) is 6.31. The minimum absolute atomic E-state index is 0.101. The van der Waals surface area contributed by atoms with Gasteiger partial charge in [-0.1, -0.05) is 30.3 Å². The van der Waals surface area contributed by atoms with Crippen molar-refractivity contribution in [1.82, 2.24) is 5.43 Å². The average molecular weight is 399 g/mol. The van der Waals surface area contributed by atoms with Crippen LogP contribution in [0.15, 0.2) is 64.6 Å². The first-order valence-corrected chi connectivity index (χ1v) is 9.54. The lowest BCUT2D eigenvalue weighted by Gasteiger charge is -2.09. The predicted octanol–water partition coefficient (Wildman–Crippen LogP) is 0.953. The highest BCUT2D eigenvalue weighted by atomic mass is 32.2. The van der Waals surface area contributed by atoms with Crippen LogP contribution < -0.4 is 15.9 Å². The second-order valence-corrected chi connectivity index (χ2v) is 7.21. The maximum absolute atomic E-state index is 12.0. The van der Waals surface area contributed by atoms with Crippen molar-refractivity contribution in [2.75, 3.05) is 5.32 Å². The molecule has 2 rings (SSSR count). The van der Waals surface area contributed by atoms with Gasteiger partial charge in [0, 0.05) is 5.69 Å². The highest BCUT2D eigenvalue weighted by Crippen LogP contribution is 2.14. The van der Waals surface area contributed by atoms with E-state index in [4.69, 9.17) is 10.4 Å². The van der Waals surface area contributed by atoms with E-state index in [1.165, 1.54) is 30.5 Å². The fourth-order valence-corrected chi connectivity index (χ4v) is 2.63. The maximum Gasteiger partial charge on any atom is 0.257 e. The van der Waals surface area contributed by atoms with Crippen LogP contribution in [-0.2, 0) is 19.6 Å². The zero-order chi connectivity index (χ0) is 20.6. The van der Waals surface area contributed by atoms with E-state index in [1.807, 2.05) is 6.07 Å². The Labute approximate surface area is 161 Å². The van der Waals surface area contributed by atoms with Crippen molar-refractivity contribution in [3.05, 3.63) is 60.2 Å². The summed E-state index contributed by atoms with van der Waals surface area (Å²) in [6.07, 6.45) is 1.03.